The highest BCUT2D eigenvalue weighted by molar-refractivity contribution is 6.33. The molecule has 4 rings (SSSR count). The molecule has 6 heteroatoms. The minimum Gasteiger partial charge on any atom is -0.484 e. The van der Waals surface area contributed by atoms with Crippen LogP contribution in [0.5, 0.6) is 5.75 Å². The molecule has 2 aliphatic heterocycles. The predicted molar refractivity (Wildman–Crippen MR) is 100 cm³/mol. The van der Waals surface area contributed by atoms with Crippen molar-refractivity contribution < 1.29 is 19.1 Å². The van der Waals surface area contributed by atoms with Gasteiger partial charge in [-0.3, -0.25) is 14.4 Å². The summed E-state index contributed by atoms with van der Waals surface area (Å²) >= 11 is 0. The minimum atomic E-state index is -0.191. The van der Waals surface area contributed by atoms with Gasteiger partial charge >= 0.3 is 0 Å². The number of hydrogen-bond donors (Lipinski definition) is 0. The molecule has 6 nitrogen and oxygen atoms in total. The maximum atomic E-state index is 12.6. The van der Waals surface area contributed by atoms with Crippen LogP contribution in [0, 0.1) is 0 Å². The molecule has 0 saturated carbocycles. The third kappa shape index (κ3) is 3.48. The quantitative estimate of drug-likeness (QED) is 0.767. The van der Waals surface area contributed by atoms with E-state index < -0.39 is 0 Å². The summed E-state index contributed by atoms with van der Waals surface area (Å²) in [6.45, 7) is 1.62. The Balaban J connectivity index is 1.38. The van der Waals surface area contributed by atoms with E-state index in [1.807, 2.05) is 4.90 Å². The maximum absolute atomic E-state index is 12.6. The molecule has 3 amide bonds. The van der Waals surface area contributed by atoms with E-state index in [2.05, 4.69) is 0 Å². The lowest BCUT2D eigenvalue weighted by atomic mass is 9.93. The maximum Gasteiger partial charge on any atom is 0.261 e. The van der Waals surface area contributed by atoms with Gasteiger partial charge in [0, 0.05) is 24.2 Å². The molecule has 1 aromatic rings. The molecule has 0 atom stereocenters. The highest BCUT2D eigenvalue weighted by Crippen LogP contribution is 2.35. The van der Waals surface area contributed by atoms with Crippen LogP contribution in [0.15, 0.2) is 35.4 Å². The summed E-state index contributed by atoms with van der Waals surface area (Å²) in [4.78, 5) is 40.5. The van der Waals surface area contributed by atoms with Crippen LogP contribution >= 0.6 is 0 Å². The molecule has 1 fully saturated rings. The number of imide groups is 1. The van der Waals surface area contributed by atoms with E-state index in [1.165, 1.54) is 11.3 Å². The summed E-state index contributed by atoms with van der Waals surface area (Å²) in [6.07, 6.45) is 6.59. The smallest absolute Gasteiger partial charge is 0.261 e. The number of hydrogen-bond acceptors (Lipinski definition) is 4. The fraction of sp³-hybridized carbons (Fsp3) is 0.476. The van der Waals surface area contributed by atoms with Crippen LogP contribution in [0.2, 0.25) is 0 Å². The van der Waals surface area contributed by atoms with Crippen molar-refractivity contribution in [2.75, 3.05) is 24.6 Å². The van der Waals surface area contributed by atoms with Crippen LogP contribution < -0.4 is 9.64 Å². The van der Waals surface area contributed by atoms with Gasteiger partial charge in [-0.2, -0.15) is 0 Å². The lowest BCUT2D eigenvalue weighted by Gasteiger charge is -2.26. The van der Waals surface area contributed by atoms with Gasteiger partial charge < -0.3 is 9.64 Å². The number of amides is 3. The van der Waals surface area contributed by atoms with E-state index in [4.69, 9.17) is 4.74 Å². The first kappa shape index (κ1) is 17.8. The van der Waals surface area contributed by atoms with Gasteiger partial charge in [-0.15, -0.1) is 0 Å². The van der Waals surface area contributed by atoms with Gasteiger partial charge in [0.2, 0.25) is 0 Å². The van der Waals surface area contributed by atoms with Gasteiger partial charge in [0.15, 0.2) is 6.61 Å². The average molecular weight is 368 g/mol. The van der Waals surface area contributed by atoms with Gasteiger partial charge in [0.1, 0.15) is 5.75 Å². The number of piperidine rings is 1. The number of likely N-dealkylation sites (tertiary alicyclic amines) is 1. The molecule has 2 heterocycles. The molecule has 3 aliphatic rings. The largest absolute Gasteiger partial charge is 0.484 e. The molecular weight excluding hydrogens is 344 g/mol. The first-order valence-electron chi connectivity index (χ1n) is 9.76. The van der Waals surface area contributed by atoms with E-state index in [9.17, 15) is 14.4 Å². The lowest BCUT2D eigenvalue weighted by molar-refractivity contribution is -0.134. The molecule has 0 spiro atoms. The summed E-state index contributed by atoms with van der Waals surface area (Å²) in [5.74, 6) is 0.175. The second kappa shape index (κ2) is 7.55. The van der Waals surface area contributed by atoms with E-state index in [0.29, 0.717) is 35.4 Å². The Bertz CT molecular complexity index is 763. The average Bonchev–Trinajstić information content (AvgIpc) is 2.98. The fourth-order valence-corrected chi connectivity index (χ4v) is 4.05. The monoisotopic (exact) mass is 368 g/mol. The van der Waals surface area contributed by atoms with Crippen molar-refractivity contribution in [2.45, 2.75) is 44.9 Å². The molecule has 0 aromatic heterocycles. The van der Waals surface area contributed by atoms with Gasteiger partial charge in [-0.1, -0.05) is 0 Å². The first-order valence-corrected chi connectivity index (χ1v) is 9.76. The highest BCUT2D eigenvalue weighted by Gasteiger charge is 2.39. The molecule has 0 radical (unpaired) electrons. The predicted octanol–water partition coefficient (Wildman–Crippen LogP) is 2.82. The molecule has 27 heavy (non-hydrogen) atoms. The van der Waals surface area contributed by atoms with Crippen LogP contribution in [-0.2, 0) is 14.4 Å². The number of ether oxygens (including phenoxy) is 1. The van der Waals surface area contributed by atoms with Gasteiger partial charge in [0.05, 0.1) is 5.69 Å². The van der Waals surface area contributed by atoms with Crippen molar-refractivity contribution in [1.82, 2.24) is 4.90 Å². The van der Waals surface area contributed by atoms with Gasteiger partial charge in [-0.05, 0) is 69.2 Å². The van der Waals surface area contributed by atoms with E-state index in [-0.39, 0.29) is 24.3 Å². The zero-order chi connectivity index (χ0) is 18.8. The lowest BCUT2D eigenvalue weighted by Crippen LogP contribution is -2.38. The van der Waals surface area contributed by atoms with Crippen molar-refractivity contribution in [1.29, 1.82) is 0 Å². The van der Waals surface area contributed by atoms with Crippen LogP contribution in [0.25, 0.3) is 0 Å². The molecule has 0 bridgehead atoms. The second-order valence-corrected chi connectivity index (χ2v) is 7.33. The number of carbonyl (C=O) groups excluding carboxylic acids is 3. The Morgan fingerprint density at radius 3 is 2.04 bits per heavy atom. The Hall–Kier alpha value is -2.63. The zero-order valence-electron chi connectivity index (χ0n) is 15.4. The van der Waals surface area contributed by atoms with Crippen molar-refractivity contribution in [2.24, 2.45) is 0 Å². The summed E-state index contributed by atoms with van der Waals surface area (Å²) in [6, 6.07) is 6.82. The molecule has 0 N–H and O–H groups in total. The fourth-order valence-electron chi connectivity index (χ4n) is 4.05. The Morgan fingerprint density at radius 2 is 1.44 bits per heavy atom. The van der Waals surface area contributed by atoms with Crippen molar-refractivity contribution in [3.63, 3.8) is 0 Å². The van der Waals surface area contributed by atoms with Crippen molar-refractivity contribution in [3.8, 4) is 5.75 Å². The number of rotatable bonds is 4. The standard InChI is InChI=1S/C21H24N2O4/c24-19(22-12-4-1-5-13-22)14-27-16-10-8-15(9-11-16)23-20(25)17-6-2-3-7-18(17)21(23)26/h8-11H,1-7,12-14H2. The third-order valence-corrected chi connectivity index (χ3v) is 5.56. The molecule has 1 aliphatic carbocycles. The van der Waals surface area contributed by atoms with Crippen LogP contribution in [0.3, 0.4) is 0 Å². The van der Waals surface area contributed by atoms with Crippen molar-refractivity contribution in [3.05, 3.63) is 35.4 Å². The second-order valence-electron chi connectivity index (χ2n) is 7.33. The molecule has 1 saturated heterocycles. The van der Waals surface area contributed by atoms with Crippen LogP contribution in [-0.4, -0.2) is 42.3 Å². The van der Waals surface area contributed by atoms with Gasteiger partial charge in [0.25, 0.3) is 17.7 Å². The molecular formula is C21H24N2O4. The minimum absolute atomic E-state index is 0.000509. The van der Waals surface area contributed by atoms with E-state index >= 15 is 0 Å². The SMILES string of the molecule is O=C(COc1ccc(N2C(=O)C3=C(CCCC3)C2=O)cc1)N1CCCCC1. The summed E-state index contributed by atoms with van der Waals surface area (Å²) in [7, 11) is 0. The Labute approximate surface area is 158 Å². The normalized spacial score (nSPS) is 20.1. The summed E-state index contributed by atoms with van der Waals surface area (Å²) < 4.78 is 5.60. The van der Waals surface area contributed by atoms with Gasteiger partial charge in [-0.25, -0.2) is 4.90 Å². The topological polar surface area (TPSA) is 66.9 Å². The Morgan fingerprint density at radius 1 is 0.852 bits per heavy atom. The molecule has 142 valence electrons. The number of anilines is 1. The number of benzene rings is 1. The third-order valence-electron chi connectivity index (χ3n) is 5.56. The highest BCUT2D eigenvalue weighted by atomic mass is 16.5. The van der Waals surface area contributed by atoms with Crippen molar-refractivity contribution >= 4 is 23.4 Å². The number of nitrogens with zero attached hydrogens (tertiary/aromatic N) is 2. The molecule has 0 unspecified atom stereocenters. The molecule has 1 aromatic carbocycles. The van der Waals surface area contributed by atoms with E-state index in [0.717, 1.165) is 38.8 Å². The first-order chi connectivity index (χ1) is 13.1. The summed E-state index contributed by atoms with van der Waals surface area (Å²) in [5.41, 5.74) is 1.91. The zero-order valence-corrected chi connectivity index (χ0v) is 15.4. The Kier molecular flexibility index (Phi) is 4.97. The van der Waals surface area contributed by atoms with E-state index in [1.54, 1.807) is 24.3 Å². The summed E-state index contributed by atoms with van der Waals surface area (Å²) in [5, 5.41) is 0. The van der Waals surface area contributed by atoms with Crippen LogP contribution in [0.1, 0.15) is 44.9 Å². The van der Waals surface area contributed by atoms with Crippen LogP contribution in [0.4, 0.5) is 5.69 Å². The number of carbonyl (C=O) groups is 3.